The number of nitrogens with zero attached hydrogens (tertiary/aromatic N) is 2. The lowest BCUT2D eigenvalue weighted by Crippen LogP contribution is -2.31. The van der Waals surface area contributed by atoms with Gasteiger partial charge in [0.1, 0.15) is 5.75 Å². The van der Waals surface area contributed by atoms with Crippen molar-refractivity contribution in [1.82, 2.24) is 15.5 Å². The molecule has 1 amide bonds. The van der Waals surface area contributed by atoms with Crippen LogP contribution < -0.4 is 10.1 Å². The van der Waals surface area contributed by atoms with Crippen LogP contribution in [0, 0.1) is 0 Å². The van der Waals surface area contributed by atoms with E-state index < -0.39 is 0 Å². The number of hydrogen-bond acceptors (Lipinski definition) is 6. The van der Waals surface area contributed by atoms with Gasteiger partial charge >= 0.3 is 0 Å². The zero-order valence-corrected chi connectivity index (χ0v) is 14.4. The molecule has 0 saturated carbocycles. The van der Waals surface area contributed by atoms with E-state index in [9.17, 15) is 4.79 Å². The molecule has 0 spiro atoms. The monoisotopic (exact) mass is 335 g/mol. The minimum atomic E-state index is -0.282. The van der Waals surface area contributed by atoms with Crippen LogP contribution in [0.5, 0.6) is 5.75 Å². The normalized spacial score (nSPS) is 12.0. The number of thioether (sulfide) groups is 1. The van der Waals surface area contributed by atoms with E-state index in [-0.39, 0.29) is 11.2 Å². The molecule has 1 N–H and O–H groups in total. The number of ether oxygens (including phenoxy) is 1. The Bertz CT molecular complexity index is 628. The molecule has 0 unspecified atom stereocenters. The molecule has 1 heterocycles. The molecule has 1 aromatic carbocycles. The molecule has 1 aromatic heterocycles. The molecule has 7 heteroatoms. The molecule has 23 heavy (non-hydrogen) atoms. The Morgan fingerprint density at radius 1 is 1.30 bits per heavy atom. The molecule has 6 nitrogen and oxygen atoms in total. The highest BCUT2D eigenvalue weighted by Crippen LogP contribution is 2.27. The summed E-state index contributed by atoms with van der Waals surface area (Å²) < 4.78 is 11.0. The second kappa shape index (κ2) is 8.57. The zero-order valence-electron chi connectivity index (χ0n) is 13.5. The van der Waals surface area contributed by atoms with Gasteiger partial charge in [-0.2, -0.15) is 0 Å². The van der Waals surface area contributed by atoms with Crippen molar-refractivity contribution < 1.29 is 13.9 Å². The number of benzene rings is 1. The van der Waals surface area contributed by atoms with Gasteiger partial charge in [0.05, 0.1) is 11.9 Å². The van der Waals surface area contributed by atoms with E-state index in [4.69, 9.17) is 9.15 Å². The van der Waals surface area contributed by atoms with E-state index in [1.165, 1.54) is 11.8 Å². The van der Waals surface area contributed by atoms with Crippen LogP contribution in [-0.2, 0) is 4.79 Å². The summed E-state index contributed by atoms with van der Waals surface area (Å²) in [6.07, 6.45) is 0.908. The number of amides is 1. The Kier molecular flexibility index (Phi) is 6.46. The summed E-state index contributed by atoms with van der Waals surface area (Å²) in [7, 11) is 0. The summed E-state index contributed by atoms with van der Waals surface area (Å²) >= 11 is 1.25. The zero-order chi connectivity index (χ0) is 16.7. The fourth-order valence-corrected chi connectivity index (χ4v) is 2.54. The first-order valence-electron chi connectivity index (χ1n) is 7.65. The maximum absolute atomic E-state index is 11.8. The van der Waals surface area contributed by atoms with Crippen molar-refractivity contribution >= 4 is 17.7 Å². The van der Waals surface area contributed by atoms with Gasteiger partial charge in [0.25, 0.3) is 5.22 Å². The smallest absolute Gasteiger partial charge is 0.277 e. The van der Waals surface area contributed by atoms with Crippen molar-refractivity contribution in [3.05, 3.63) is 24.3 Å². The minimum Gasteiger partial charge on any atom is -0.494 e. The molecular weight excluding hydrogens is 314 g/mol. The molecule has 0 aliphatic rings. The SMILES string of the molecule is CCCNC(=O)[C@H](C)Sc1nnc(-c2ccc(OCC)cc2)o1. The number of rotatable bonds is 8. The Morgan fingerprint density at radius 3 is 2.70 bits per heavy atom. The van der Waals surface area contributed by atoms with Crippen LogP contribution in [0.4, 0.5) is 0 Å². The number of carbonyl (C=O) groups excluding carboxylic acids is 1. The molecule has 0 saturated heterocycles. The van der Waals surface area contributed by atoms with E-state index in [0.717, 1.165) is 17.7 Å². The van der Waals surface area contributed by atoms with Crippen LogP contribution in [0.15, 0.2) is 33.9 Å². The highest BCUT2D eigenvalue weighted by Gasteiger charge is 2.18. The third-order valence-corrected chi connectivity index (χ3v) is 3.95. The van der Waals surface area contributed by atoms with Gasteiger partial charge in [0.15, 0.2) is 0 Å². The first-order chi connectivity index (χ1) is 11.1. The molecule has 0 fully saturated rings. The average Bonchev–Trinajstić information content (AvgIpc) is 3.02. The number of aromatic nitrogens is 2. The molecule has 124 valence electrons. The summed E-state index contributed by atoms with van der Waals surface area (Å²) in [4.78, 5) is 11.8. The molecule has 1 atom stereocenters. The van der Waals surface area contributed by atoms with E-state index >= 15 is 0 Å². The molecule has 0 aliphatic carbocycles. The maximum Gasteiger partial charge on any atom is 0.277 e. The molecule has 0 aliphatic heterocycles. The van der Waals surface area contributed by atoms with Gasteiger partial charge in [0, 0.05) is 12.1 Å². The van der Waals surface area contributed by atoms with Crippen molar-refractivity contribution in [2.24, 2.45) is 0 Å². The van der Waals surface area contributed by atoms with E-state index in [2.05, 4.69) is 15.5 Å². The van der Waals surface area contributed by atoms with E-state index in [1.807, 2.05) is 45.0 Å². The standard InChI is InChI=1S/C16H21N3O3S/c1-4-10-17-14(20)11(3)23-16-19-18-15(22-16)12-6-8-13(9-7-12)21-5-2/h6-9,11H,4-5,10H2,1-3H3,(H,17,20)/t11-/m0/s1. The van der Waals surface area contributed by atoms with Crippen LogP contribution in [-0.4, -0.2) is 34.5 Å². The third-order valence-electron chi connectivity index (χ3n) is 3.01. The van der Waals surface area contributed by atoms with Crippen molar-refractivity contribution in [3.8, 4) is 17.2 Å². The van der Waals surface area contributed by atoms with Crippen molar-refractivity contribution in [2.75, 3.05) is 13.2 Å². The van der Waals surface area contributed by atoms with E-state index in [0.29, 0.717) is 24.3 Å². The Balaban J connectivity index is 1.98. The Labute approximate surface area is 140 Å². The Hall–Kier alpha value is -2.02. The molecule has 0 bridgehead atoms. The third kappa shape index (κ3) is 4.99. The van der Waals surface area contributed by atoms with Gasteiger partial charge in [0.2, 0.25) is 11.8 Å². The first-order valence-corrected chi connectivity index (χ1v) is 8.53. The van der Waals surface area contributed by atoms with Crippen molar-refractivity contribution in [3.63, 3.8) is 0 Å². The van der Waals surface area contributed by atoms with Gasteiger partial charge in [-0.05, 0) is 44.5 Å². The van der Waals surface area contributed by atoms with Crippen LogP contribution in [0.2, 0.25) is 0 Å². The fourth-order valence-electron chi connectivity index (χ4n) is 1.83. The number of carbonyl (C=O) groups is 1. The summed E-state index contributed by atoms with van der Waals surface area (Å²) in [5, 5.41) is 11.0. The highest BCUT2D eigenvalue weighted by molar-refractivity contribution is 8.00. The minimum absolute atomic E-state index is 0.0299. The lowest BCUT2D eigenvalue weighted by Gasteiger charge is -2.08. The second-order valence-electron chi connectivity index (χ2n) is 4.88. The van der Waals surface area contributed by atoms with Crippen molar-refractivity contribution in [1.29, 1.82) is 0 Å². The van der Waals surface area contributed by atoms with Crippen molar-refractivity contribution in [2.45, 2.75) is 37.7 Å². The van der Waals surface area contributed by atoms with Gasteiger partial charge in [-0.25, -0.2) is 0 Å². The van der Waals surface area contributed by atoms with Gasteiger partial charge in [-0.1, -0.05) is 18.7 Å². The first kappa shape index (κ1) is 17.3. The summed E-state index contributed by atoms with van der Waals surface area (Å²) in [5.41, 5.74) is 0.816. The second-order valence-corrected chi connectivity index (χ2v) is 6.17. The lowest BCUT2D eigenvalue weighted by molar-refractivity contribution is -0.120. The van der Waals surface area contributed by atoms with Crippen LogP contribution >= 0.6 is 11.8 Å². The van der Waals surface area contributed by atoms with Crippen LogP contribution in [0.3, 0.4) is 0 Å². The fraction of sp³-hybridized carbons (Fsp3) is 0.438. The topological polar surface area (TPSA) is 77.2 Å². The highest BCUT2D eigenvalue weighted by atomic mass is 32.2. The Morgan fingerprint density at radius 2 is 2.04 bits per heavy atom. The van der Waals surface area contributed by atoms with Gasteiger partial charge in [-0.3, -0.25) is 4.79 Å². The average molecular weight is 335 g/mol. The van der Waals surface area contributed by atoms with Gasteiger partial charge in [-0.15, -0.1) is 10.2 Å². The molecular formula is C16H21N3O3S. The predicted octanol–water partition coefficient (Wildman–Crippen LogP) is 3.14. The van der Waals surface area contributed by atoms with Gasteiger partial charge < -0.3 is 14.5 Å². The van der Waals surface area contributed by atoms with Crippen LogP contribution in [0.1, 0.15) is 27.2 Å². The largest absolute Gasteiger partial charge is 0.494 e. The summed E-state index contributed by atoms with van der Waals surface area (Å²) in [6, 6.07) is 7.45. The molecule has 2 rings (SSSR count). The maximum atomic E-state index is 11.8. The predicted molar refractivity (Wildman–Crippen MR) is 89.5 cm³/mol. The molecule has 0 radical (unpaired) electrons. The molecule has 2 aromatic rings. The number of hydrogen-bond donors (Lipinski definition) is 1. The van der Waals surface area contributed by atoms with E-state index in [1.54, 1.807) is 0 Å². The van der Waals surface area contributed by atoms with Crippen LogP contribution in [0.25, 0.3) is 11.5 Å². The summed E-state index contributed by atoms with van der Waals surface area (Å²) in [5.74, 6) is 1.20. The number of nitrogens with one attached hydrogen (secondary N) is 1. The lowest BCUT2D eigenvalue weighted by atomic mass is 10.2. The summed E-state index contributed by atoms with van der Waals surface area (Å²) in [6.45, 7) is 7.06. The quantitative estimate of drug-likeness (QED) is 0.747.